The number of aliphatic hydroxyl groups excluding tert-OH is 1. The van der Waals surface area contributed by atoms with Crippen LogP contribution in [-0.2, 0) is 13.2 Å². The summed E-state index contributed by atoms with van der Waals surface area (Å²) in [5, 5.41) is 15.8. The van der Waals surface area contributed by atoms with Crippen molar-refractivity contribution in [3.63, 3.8) is 0 Å². The molecule has 2 rings (SSSR count). The molecule has 0 amide bonds. The molecular formula is C20H28N2O3. The van der Waals surface area contributed by atoms with Crippen LogP contribution in [0.4, 0.5) is 0 Å². The summed E-state index contributed by atoms with van der Waals surface area (Å²) in [6.07, 6.45) is -0.323. The van der Waals surface area contributed by atoms with Gasteiger partial charge in [-0.05, 0) is 18.6 Å². The van der Waals surface area contributed by atoms with Crippen LogP contribution in [0.25, 0.3) is 0 Å². The fourth-order valence-corrected chi connectivity index (χ4v) is 2.47. The first-order valence-corrected chi connectivity index (χ1v) is 8.62. The van der Waals surface area contributed by atoms with Gasteiger partial charge in [0, 0.05) is 31.7 Å². The Kier molecular flexibility index (Phi) is 8.25. The second-order valence-electron chi connectivity index (χ2n) is 5.95. The number of para-hydroxylation sites is 1. The van der Waals surface area contributed by atoms with Crippen molar-refractivity contribution < 1.29 is 14.6 Å². The van der Waals surface area contributed by atoms with Gasteiger partial charge >= 0.3 is 0 Å². The molecule has 0 fully saturated rings. The molecule has 0 saturated carbocycles. The number of benzene rings is 2. The summed E-state index contributed by atoms with van der Waals surface area (Å²) in [6.45, 7) is 5.18. The van der Waals surface area contributed by atoms with E-state index in [2.05, 4.69) is 10.6 Å². The van der Waals surface area contributed by atoms with Crippen LogP contribution in [0.5, 0.6) is 11.5 Å². The second kappa shape index (κ2) is 10.7. The predicted molar refractivity (Wildman–Crippen MR) is 100 cm³/mol. The summed E-state index contributed by atoms with van der Waals surface area (Å²) in [4.78, 5) is 0. The maximum atomic E-state index is 9.22. The molecule has 2 aromatic rings. The van der Waals surface area contributed by atoms with Gasteiger partial charge in [0.1, 0.15) is 6.61 Å². The van der Waals surface area contributed by atoms with E-state index in [1.807, 2.05) is 48.5 Å². The number of hydrogen-bond donors (Lipinski definition) is 3. The van der Waals surface area contributed by atoms with Crippen LogP contribution in [0, 0.1) is 0 Å². The van der Waals surface area contributed by atoms with E-state index in [1.165, 1.54) is 0 Å². The fraction of sp³-hybridized carbons (Fsp3) is 0.400. The molecule has 0 heterocycles. The van der Waals surface area contributed by atoms with Gasteiger partial charge in [0.25, 0.3) is 0 Å². The van der Waals surface area contributed by atoms with Gasteiger partial charge in [-0.2, -0.15) is 0 Å². The SMILES string of the molecule is COc1cccc(CNCCNC[C@H](C)O)c1OCc1ccccc1. The van der Waals surface area contributed by atoms with Gasteiger partial charge in [0.05, 0.1) is 13.2 Å². The first kappa shape index (κ1) is 19.2. The maximum absolute atomic E-state index is 9.22. The Bertz CT molecular complexity index is 618. The zero-order valence-corrected chi connectivity index (χ0v) is 15.0. The van der Waals surface area contributed by atoms with E-state index in [1.54, 1.807) is 14.0 Å². The van der Waals surface area contributed by atoms with Crippen LogP contribution in [0.2, 0.25) is 0 Å². The van der Waals surface area contributed by atoms with Crippen LogP contribution in [0.15, 0.2) is 48.5 Å². The Balaban J connectivity index is 1.91. The summed E-state index contributed by atoms with van der Waals surface area (Å²) < 4.78 is 11.5. The third kappa shape index (κ3) is 6.74. The lowest BCUT2D eigenvalue weighted by Gasteiger charge is -2.16. The van der Waals surface area contributed by atoms with Gasteiger partial charge in [-0.3, -0.25) is 0 Å². The highest BCUT2D eigenvalue weighted by Crippen LogP contribution is 2.31. The summed E-state index contributed by atoms with van der Waals surface area (Å²) in [7, 11) is 1.65. The van der Waals surface area contributed by atoms with Gasteiger partial charge in [0.2, 0.25) is 0 Å². The number of aliphatic hydroxyl groups is 1. The maximum Gasteiger partial charge on any atom is 0.166 e. The number of hydrogen-bond acceptors (Lipinski definition) is 5. The van der Waals surface area contributed by atoms with Gasteiger partial charge in [0.15, 0.2) is 11.5 Å². The lowest BCUT2D eigenvalue weighted by molar-refractivity contribution is 0.191. The molecule has 5 heteroatoms. The molecule has 0 aliphatic heterocycles. The minimum atomic E-state index is -0.323. The molecule has 0 radical (unpaired) electrons. The molecule has 0 spiro atoms. The topological polar surface area (TPSA) is 62.8 Å². The van der Waals surface area contributed by atoms with E-state index < -0.39 is 0 Å². The standard InChI is InChI=1S/C20H28N2O3/c1-16(23)13-21-11-12-22-14-18-9-6-10-19(24-2)20(18)25-15-17-7-4-3-5-8-17/h3-10,16,21-23H,11-15H2,1-2H3/t16-/m0/s1. The molecule has 2 aromatic carbocycles. The third-order valence-corrected chi connectivity index (χ3v) is 3.74. The molecule has 3 N–H and O–H groups in total. The normalized spacial score (nSPS) is 12.0. The highest BCUT2D eigenvalue weighted by molar-refractivity contribution is 5.46. The van der Waals surface area contributed by atoms with E-state index >= 15 is 0 Å². The van der Waals surface area contributed by atoms with Crippen molar-refractivity contribution in [2.45, 2.75) is 26.2 Å². The van der Waals surface area contributed by atoms with Crippen molar-refractivity contribution in [2.75, 3.05) is 26.7 Å². The quantitative estimate of drug-likeness (QED) is 0.546. The summed E-state index contributed by atoms with van der Waals surface area (Å²) in [6, 6.07) is 16.0. The van der Waals surface area contributed by atoms with Crippen molar-refractivity contribution in [1.29, 1.82) is 0 Å². The van der Waals surface area contributed by atoms with Crippen molar-refractivity contribution in [2.24, 2.45) is 0 Å². The molecule has 0 aliphatic carbocycles. The lowest BCUT2D eigenvalue weighted by Crippen LogP contribution is -2.31. The van der Waals surface area contributed by atoms with Crippen molar-refractivity contribution in [3.05, 3.63) is 59.7 Å². The molecule has 0 aromatic heterocycles. The van der Waals surface area contributed by atoms with Gasteiger partial charge in [-0.25, -0.2) is 0 Å². The van der Waals surface area contributed by atoms with Crippen molar-refractivity contribution in [3.8, 4) is 11.5 Å². The molecule has 0 saturated heterocycles. The Morgan fingerprint density at radius 3 is 2.48 bits per heavy atom. The van der Waals surface area contributed by atoms with Crippen molar-refractivity contribution in [1.82, 2.24) is 10.6 Å². The minimum Gasteiger partial charge on any atom is -0.493 e. The average Bonchev–Trinajstić information content (AvgIpc) is 2.63. The molecular weight excluding hydrogens is 316 g/mol. The smallest absolute Gasteiger partial charge is 0.166 e. The molecule has 0 bridgehead atoms. The summed E-state index contributed by atoms with van der Waals surface area (Å²) in [5.74, 6) is 1.51. The van der Waals surface area contributed by atoms with E-state index in [-0.39, 0.29) is 6.10 Å². The Morgan fingerprint density at radius 2 is 1.76 bits per heavy atom. The Hall–Kier alpha value is -2.08. The fourth-order valence-electron chi connectivity index (χ4n) is 2.47. The largest absolute Gasteiger partial charge is 0.493 e. The number of methoxy groups -OCH3 is 1. The van der Waals surface area contributed by atoms with E-state index in [9.17, 15) is 5.11 Å². The molecule has 136 valence electrons. The minimum absolute atomic E-state index is 0.323. The van der Waals surface area contributed by atoms with Crippen LogP contribution < -0.4 is 20.1 Å². The molecule has 0 aliphatic rings. The third-order valence-electron chi connectivity index (χ3n) is 3.74. The van der Waals surface area contributed by atoms with Gasteiger partial charge in [-0.1, -0.05) is 42.5 Å². The first-order chi connectivity index (χ1) is 12.2. The Morgan fingerprint density at radius 1 is 1.00 bits per heavy atom. The van der Waals surface area contributed by atoms with E-state index in [0.29, 0.717) is 19.7 Å². The van der Waals surface area contributed by atoms with Crippen LogP contribution in [0.3, 0.4) is 0 Å². The van der Waals surface area contributed by atoms with Crippen LogP contribution in [0.1, 0.15) is 18.1 Å². The van der Waals surface area contributed by atoms with E-state index in [4.69, 9.17) is 9.47 Å². The van der Waals surface area contributed by atoms with Crippen LogP contribution in [-0.4, -0.2) is 38.0 Å². The zero-order chi connectivity index (χ0) is 17.9. The monoisotopic (exact) mass is 344 g/mol. The molecule has 0 unspecified atom stereocenters. The molecule has 5 nitrogen and oxygen atoms in total. The van der Waals surface area contributed by atoms with Crippen molar-refractivity contribution >= 4 is 0 Å². The number of nitrogens with one attached hydrogen (secondary N) is 2. The van der Waals surface area contributed by atoms with Crippen LogP contribution >= 0.6 is 0 Å². The Labute approximate surface area is 150 Å². The average molecular weight is 344 g/mol. The highest BCUT2D eigenvalue weighted by atomic mass is 16.5. The number of ether oxygens (including phenoxy) is 2. The number of rotatable bonds is 11. The first-order valence-electron chi connectivity index (χ1n) is 8.62. The molecule has 25 heavy (non-hydrogen) atoms. The second-order valence-corrected chi connectivity index (χ2v) is 5.95. The molecule has 1 atom stereocenters. The zero-order valence-electron chi connectivity index (χ0n) is 15.0. The van der Waals surface area contributed by atoms with E-state index in [0.717, 1.165) is 35.7 Å². The predicted octanol–water partition coefficient (Wildman–Crippen LogP) is 2.33. The highest BCUT2D eigenvalue weighted by Gasteiger charge is 2.10. The summed E-state index contributed by atoms with van der Waals surface area (Å²) in [5.41, 5.74) is 2.18. The summed E-state index contributed by atoms with van der Waals surface area (Å²) >= 11 is 0. The lowest BCUT2D eigenvalue weighted by atomic mass is 10.1. The van der Waals surface area contributed by atoms with Gasteiger partial charge < -0.3 is 25.2 Å². The van der Waals surface area contributed by atoms with Gasteiger partial charge in [-0.15, -0.1) is 0 Å².